The first-order chi connectivity index (χ1) is 8.99. The van der Waals surface area contributed by atoms with Crippen molar-refractivity contribution in [2.75, 3.05) is 5.43 Å². The van der Waals surface area contributed by atoms with Crippen molar-refractivity contribution in [3.63, 3.8) is 0 Å². The van der Waals surface area contributed by atoms with Gasteiger partial charge in [-0.2, -0.15) is 0 Å². The number of nitrogens with one attached hydrogen (secondary N) is 1. The molecule has 19 heavy (non-hydrogen) atoms. The highest BCUT2D eigenvalue weighted by Gasteiger charge is 2.12. The van der Waals surface area contributed by atoms with Gasteiger partial charge in [0.1, 0.15) is 5.02 Å². The van der Waals surface area contributed by atoms with E-state index in [2.05, 4.69) is 5.43 Å². The zero-order chi connectivity index (χ0) is 14.0. The van der Waals surface area contributed by atoms with Gasteiger partial charge in [-0.15, -0.1) is 0 Å². The molecule has 0 bridgehead atoms. The van der Waals surface area contributed by atoms with E-state index in [4.69, 9.17) is 11.6 Å². The first-order valence-electron chi connectivity index (χ1n) is 5.80. The number of halogens is 1. The molecule has 0 aliphatic heterocycles. The van der Waals surface area contributed by atoms with Crippen LogP contribution in [0.3, 0.4) is 0 Å². The van der Waals surface area contributed by atoms with Crippen LogP contribution in [-0.4, -0.2) is 9.60 Å². The fourth-order valence-electron chi connectivity index (χ4n) is 1.90. The average Bonchev–Trinajstić information content (AvgIpc) is 2.68. The fraction of sp³-hybridized carbons (Fsp3) is 0.231. The van der Waals surface area contributed by atoms with Crippen LogP contribution in [0.2, 0.25) is 5.02 Å². The van der Waals surface area contributed by atoms with E-state index >= 15 is 0 Å². The summed E-state index contributed by atoms with van der Waals surface area (Å²) in [4.78, 5) is 10.3. The Morgan fingerprint density at radius 2 is 1.89 bits per heavy atom. The lowest BCUT2D eigenvalue weighted by Crippen LogP contribution is -2.16. The monoisotopic (exact) mass is 279 g/mol. The van der Waals surface area contributed by atoms with Gasteiger partial charge in [0.05, 0.1) is 11.5 Å². The summed E-state index contributed by atoms with van der Waals surface area (Å²) in [5, 5.41) is 11.0. The molecular weight excluding hydrogens is 266 g/mol. The van der Waals surface area contributed by atoms with Crippen LogP contribution in [0.1, 0.15) is 17.0 Å². The second-order valence-corrected chi connectivity index (χ2v) is 4.74. The molecule has 1 heterocycles. The van der Waals surface area contributed by atoms with E-state index in [9.17, 15) is 10.1 Å². The van der Waals surface area contributed by atoms with Gasteiger partial charge in [0.2, 0.25) is 0 Å². The van der Waals surface area contributed by atoms with E-state index in [0.717, 1.165) is 17.0 Å². The van der Waals surface area contributed by atoms with Gasteiger partial charge in [0.15, 0.2) is 0 Å². The highest BCUT2D eigenvalue weighted by Crippen LogP contribution is 2.25. The number of hydrogen-bond donors (Lipinski definition) is 1. The van der Waals surface area contributed by atoms with E-state index in [1.165, 1.54) is 6.07 Å². The average molecular weight is 280 g/mol. The van der Waals surface area contributed by atoms with Gasteiger partial charge in [0, 0.05) is 17.5 Å². The third-order valence-electron chi connectivity index (χ3n) is 2.92. The summed E-state index contributed by atoms with van der Waals surface area (Å²) in [6, 6.07) is 8.82. The lowest BCUT2D eigenvalue weighted by Gasteiger charge is -2.12. The zero-order valence-electron chi connectivity index (χ0n) is 10.7. The van der Waals surface area contributed by atoms with Crippen molar-refractivity contribution < 1.29 is 4.92 Å². The number of aryl methyl sites for hydroxylation is 2. The highest BCUT2D eigenvalue weighted by atomic mass is 35.5. The van der Waals surface area contributed by atoms with Crippen LogP contribution in [0, 0.1) is 24.0 Å². The molecule has 0 aliphatic carbocycles. The summed E-state index contributed by atoms with van der Waals surface area (Å²) in [6.45, 7) is 4.48. The van der Waals surface area contributed by atoms with Gasteiger partial charge in [-0.05, 0) is 37.6 Å². The second kappa shape index (κ2) is 5.32. The van der Waals surface area contributed by atoms with Crippen molar-refractivity contribution in [3.05, 3.63) is 62.4 Å². The number of aromatic nitrogens is 1. The largest absolute Gasteiger partial charge is 0.322 e. The zero-order valence-corrected chi connectivity index (χ0v) is 11.4. The third kappa shape index (κ3) is 2.88. The molecule has 1 aromatic heterocycles. The molecule has 0 unspecified atom stereocenters. The molecular formula is C13H14ClN3O2. The minimum Gasteiger partial charge on any atom is -0.322 e. The number of benzene rings is 1. The van der Waals surface area contributed by atoms with Crippen LogP contribution in [0.5, 0.6) is 0 Å². The molecule has 1 N–H and O–H groups in total. The van der Waals surface area contributed by atoms with Gasteiger partial charge in [-0.1, -0.05) is 17.7 Å². The summed E-state index contributed by atoms with van der Waals surface area (Å²) in [6.07, 6.45) is 0. The van der Waals surface area contributed by atoms with Crippen LogP contribution in [0.25, 0.3) is 0 Å². The summed E-state index contributed by atoms with van der Waals surface area (Å²) in [5.41, 5.74) is 6.12. The maximum Gasteiger partial charge on any atom is 0.288 e. The van der Waals surface area contributed by atoms with E-state index in [-0.39, 0.29) is 10.7 Å². The normalized spacial score (nSPS) is 10.5. The molecule has 0 radical (unpaired) electrons. The summed E-state index contributed by atoms with van der Waals surface area (Å²) >= 11 is 5.77. The smallest absolute Gasteiger partial charge is 0.288 e. The van der Waals surface area contributed by atoms with Gasteiger partial charge >= 0.3 is 0 Å². The minimum atomic E-state index is -0.474. The molecule has 1 aromatic carbocycles. The quantitative estimate of drug-likeness (QED) is 0.689. The van der Waals surface area contributed by atoms with Crippen LogP contribution < -0.4 is 5.43 Å². The fourth-order valence-corrected chi connectivity index (χ4v) is 2.08. The van der Waals surface area contributed by atoms with Crippen LogP contribution in [0.4, 0.5) is 5.69 Å². The Kier molecular flexibility index (Phi) is 3.76. The SMILES string of the molecule is Cc1ccc(C)n1NCc1ccc(Cl)c([N+](=O)[O-])c1. The van der Waals surface area contributed by atoms with Crippen LogP contribution >= 0.6 is 11.6 Å². The lowest BCUT2D eigenvalue weighted by atomic mass is 10.2. The highest BCUT2D eigenvalue weighted by molar-refractivity contribution is 6.32. The first-order valence-corrected chi connectivity index (χ1v) is 6.18. The van der Waals surface area contributed by atoms with Crippen molar-refractivity contribution in [1.29, 1.82) is 0 Å². The van der Waals surface area contributed by atoms with Crippen LogP contribution in [-0.2, 0) is 6.54 Å². The molecule has 2 rings (SSSR count). The number of hydrogen-bond acceptors (Lipinski definition) is 3. The van der Waals surface area contributed by atoms with E-state index in [0.29, 0.717) is 6.54 Å². The molecule has 0 spiro atoms. The number of rotatable bonds is 4. The van der Waals surface area contributed by atoms with Crippen molar-refractivity contribution in [2.45, 2.75) is 20.4 Å². The van der Waals surface area contributed by atoms with Crippen LogP contribution in [0.15, 0.2) is 30.3 Å². The lowest BCUT2D eigenvalue weighted by molar-refractivity contribution is -0.384. The molecule has 6 heteroatoms. The Morgan fingerprint density at radius 1 is 1.26 bits per heavy atom. The van der Waals surface area contributed by atoms with Gasteiger partial charge in [0.25, 0.3) is 5.69 Å². The molecule has 0 saturated carbocycles. The Morgan fingerprint density at radius 3 is 2.47 bits per heavy atom. The van der Waals surface area contributed by atoms with Crippen molar-refractivity contribution in [3.8, 4) is 0 Å². The maximum absolute atomic E-state index is 10.8. The second-order valence-electron chi connectivity index (χ2n) is 4.33. The predicted molar refractivity (Wildman–Crippen MR) is 75.1 cm³/mol. The number of nitro benzene ring substituents is 1. The summed E-state index contributed by atoms with van der Waals surface area (Å²) < 4.78 is 1.94. The topological polar surface area (TPSA) is 60.1 Å². The third-order valence-corrected chi connectivity index (χ3v) is 3.24. The van der Waals surface area contributed by atoms with Crippen molar-refractivity contribution >= 4 is 17.3 Å². The summed E-state index contributed by atoms with van der Waals surface area (Å²) in [5.74, 6) is 0. The standard InChI is InChI=1S/C13H14ClN3O2/c1-9-3-4-10(2)16(9)15-8-11-5-6-12(14)13(7-11)17(18)19/h3-7,15H,8H2,1-2H3. The van der Waals surface area contributed by atoms with Gasteiger partial charge < -0.3 is 5.43 Å². The number of nitrogens with zero attached hydrogens (tertiary/aromatic N) is 2. The molecule has 0 amide bonds. The Hall–Kier alpha value is -2.01. The molecule has 0 atom stereocenters. The Labute approximate surface area is 115 Å². The minimum absolute atomic E-state index is 0.0677. The maximum atomic E-state index is 10.8. The molecule has 100 valence electrons. The Balaban J connectivity index is 2.16. The predicted octanol–water partition coefficient (Wildman–Crippen LogP) is 3.41. The van der Waals surface area contributed by atoms with E-state index < -0.39 is 4.92 Å². The molecule has 0 fully saturated rings. The van der Waals surface area contributed by atoms with Crippen molar-refractivity contribution in [2.24, 2.45) is 0 Å². The van der Waals surface area contributed by atoms with Gasteiger partial charge in [-0.3, -0.25) is 14.8 Å². The molecule has 0 aliphatic rings. The van der Waals surface area contributed by atoms with E-state index in [1.54, 1.807) is 12.1 Å². The van der Waals surface area contributed by atoms with E-state index in [1.807, 2.05) is 30.7 Å². The molecule has 0 saturated heterocycles. The Bertz CT molecular complexity index is 603. The number of nitro groups is 1. The van der Waals surface area contributed by atoms with Gasteiger partial charge in [-0.25, -0.2) is 0 Å². The first kappa shape index (κ1) is 13.4. The molecule has 2 aromatic rings. The molecule has 5 nitrogen and oxygen atoms in total. The summed E-state index contributed by atoms with van der Waals surface area (Å²) in [7, 11) is 0. The van der Waals surface area contributed by atoms with Crippen molar-refractivity contribution in [1.82, 2.24) is 4.68 Å².